The standard InChI is InChI=1S/C24H21ClFN3O3/c1-15-23(16(2)29(28-15)13-17-6-3-4-9-21(17)26)27-24(30)22-11-10-20(32-22)14-31-19-8-5-7-18(25)12-19/h3-12H,13-14H2,1-2H3,(H,27,30). The highest BCUT2D eigenvalue weighted by atomic mass is 35.5. The van der Waals surface area contributed by atoms with Gasteiger partial charge in [0, 0.05) is 10.6 Å². The Labute approximate surface area is 189 Å². The van der Waals surface area contributed by atoms with Gasteiger partial charge in [0.2, 0.25) is 0 Å². The molecule has 6 nitrogen and oxygen atoms in total. The molecule has 0 fully saturated rings. The molecule has 4 rings (SSSR count). The number of aryl methyl sites for hydroxylation is 1. The van der Waals surface area contributed by atoms with Gasteiger partial charge in [-0.25, -0.2) is 4.39 Å². The molecule has 0 bridgehead atoms. The quantitative estimate of drug-likeness (QED) is 0.386. The van der Waals surface area contributed by atoms with Gasteiger partial charge in [0.1, 0.15) is 23.9 Å². The van der Waals surface area contributed by atoms with Crippen molar-refractivity contribution in [3.63, 3.8) is 0 Å². The monoisotopic (exact) mass is 453 g/mol. The first-order valence-corrected chi connectivity index (χ1v) is 10.3. The van der Waals surface area contributed by atoms with Gasteiger partial charge in [-0.05, 0) is 50.2 Å². The summed E-state index contributed by atoms with van der Waals surface area (Å²) in [5.74, 6) is 0.548. The fourth-order valence-corrected chi connectivity index (χ4v) is 3.46. The molecule has 0 spiro atoms. The third kappa shape index (κ3) is 4.84. The van der Waals surface area contributed by atoms with E-state index >= 15 is 0 Å². The molecule has 0 saturated heterocycles. The molecule has 8 heteroatoms. The number of carbonyl (C=O) groups excluding carboxylic acids is 1. The fraction of sp³-hybridized carbons (Fsp3) is 0.167. The van der Waals surface area contributed by atoms with E-state index in [4.69, 9.17) is 20.8 Å². The average molecular weight is 454 g/mol. The molecule has 2 aromatic carbocycles. The molecule has 0 radical (unpaired) electrons. The van der Waals surface area contributed by atoms with Gasteiger partial charge in [0.05, 0.1) is 23.6 Å². The molecule has 2 aromatic heterocycles. The predicted octanol–water partition coefficient (Wildman–Crippen LogP) is 5.77. The van der Waals surface area contributed by atoms with Crippen LogP contribution in [0.1, 0.15) is 33.3 Å². The summed E-state index contributed by atoms with van der Waals surface area (Å²) >= 11 is 5.95. The van der Waals surface area contributed by atoms with E-state index in [2.05, 4.69) is 10.4 Å². The first kappa shape index (κ1) is 21.6. The van der Waals surface area contributed by atoms with E-state index in [1.54, 1.807) is 66.2 Å². The third-order valence-corrected chi connectivity index (χ3v) is 5.20. The van der Waals surface area contributed by atoms with E-state index in [1.807, 2.05) is 6.92 Å². The van der Waals surface area contributed by atoms with E-state index in [9.17, 15) is 9.18 Å². The molecule has 0 atom stereocenters. The highest BCUT2D eigenvalue weighted by Gasteiger charge is 2.18. The maximum Gasteiger partial charge on any atom is 0.291 e. The maximum atomic E-state index is 14.0. The Morgan fingerprint density at radius 2 is 1.97 bits per heavy atom. The topological polar surface area (TPSA) is 69.3 Å². The summed E-state index contributed by atoms with van der Waals surface area (Å²) in [6.07, 6.45) is 0. The number of ether oxygens (including phenoxy) is 1. The van der Waals surface area contributed by atoms with Crippen LogP contribution in [0.4, 0.5) is 10.1 Å². The number of rotatable bonds is 7. The van der Waals surface area contributed by atoms with Crippen LogP contribution < -0.4 is 10.1 Å². The minimum atomic E-state index is -0.407. The number of nitrogens with one attached hydrogen (secondary N) is 1. The van der Waals surface area contributed by atoms with Crippen molar-refractivity contribution < 1.29 is 18.3 Å². The molecule has 0 aliphatic heterocycles. The van der Waals surface area contributed by atoms with Crippen LogP contribution in [0.25, 0.3) is 0 Å². The van der Waals surface area contributed by atoms with E-state index in [1.165, 1.54) is 6.07 Å². The van der Waals surface area contributed by atoms with Crippen molar-refractivity contribution in [2.45, 2.75) is 27.0 Å². The predicted molar refractivity (Wildman–Crippen MR) is 120 cm³/mol. The highest BCUT2D eigenvalue weighted by molar-refractivity contribution is 6.30. The van der Waals surface area contributed by atoms with Crippen molar-refractivity contribution in [1.82, 2.24) is 9.78 Å². The molecular weight excluding hydrogens is 433 g/mol. The lowest BCUT2D eigenvalue weighted by molar-refractivity contribution is 0.0992. The number of benzene rings is 2. The Morgan fingerprint density at radius 3 is 2.75 bits per heavy atom. The molecule has 0 unspecified atom stereocenters. The zero-order valence-electron chi connectivity index (χ0n) is 17.6. The van der Waals surface area contributed by atoms with Crippen molar-refractivity contribution in [1.29, 1.82) is 0 Å². The van der Waals surface area contributed by atoms with Crippen LogP contribution in [0.15, 0.2) is 65.1 Å². The SMILES string of the molecule is Cc1nn(Cc2ccccc2F)c(C)c1NC(=O)c1ccc(COc2cccc(Cl)c2)o1. The fourth-order valence-electron chi connectivity index (χ4n) is 3.28. The second kappa shape index (κ2) is 9.28. The number of aromatic nitrogens is 2. The number of carbonyl (C=O) groups is 1. The number of nitrogens with zero attached hydrogens (tertiary/aromatic N) is 2. The summed E-state index contributed by atoms with van der Waals surface area (Å²) in [5.41, 5.74) is 2.43. The van der Waals surface area contributed by atoms with Crippen molar-refractivity contribution in [3.8, 4) is 5.75 Å². The number of halogens is 2. The molecule has 164 valence electrons. The smallest absolute Gasteiger partial charge is 0.291 e. The molecular formula is C24H21ClFN3O3. The molecule has 2 heterocycles. The van der Waals surface area contributed by atoms with E-state index in [0.717, 1.165) is 5.69 Å². The summed E-state index contributed by atoms with van der Waals surface area (Å²) in [4.78, 5) is 12.7. The van der Waals surface area contributed by atoms with Crippen LogP contribution >= 0.6 is 11.6 Å². The molecule has 1 N–H and O–H groups in total. The van der Waals surface area contributed by atoms with Crippen LogP contribution in [0.5, 0.6) is 5.75 Å². The minimum Gasteiger partial charge on any atom is -0.486 e. The first-order chi connectivity index (χ1) is 15.4. The summed E-state index contributed by atoms with van der Waals surface area (Å²) in [6, 6.07) is 16.8. The van der Waals surface area contributed by atoms with Gasteiger partial charge in [0.25, 0.3) is 5.91 Å². The summed E-state index contributed by atoms with van der Waals surface area (Å²) in [6.45, 7) is 4.03. The van der Waals surface area contributed by atoms with E-state index < -0.39 is 5.91 Å². The van der Waals surface area contributed by atoms with Crippen LogP contribution in [-0.4, -0.2) is 15.7 Å². The van der Waals surface area contributed by atoms with Gasteiger partial charge in [-0.2, -0.15) is 5.10 Å². The second-order valence-electron chi connectivity index (χ2n) is 7.26. The average Bonchev–Trinajstić information content (AvgIpc) is 3.34. The molecule has 1 amide bonds. The number of hydrogen-bond donors (Lipinski definition) is 1. The van der Waals surface area contributed by atoms with Gasteiger partial charge in [-0.15, -0.1) is 0 Å². The number of furan rings is 1. The van der Waals surface area contributed by atoms with Crippen LogP contribution in [0, 0.1) is 19.7 Å². The lowest BCUT2D eigenvalue weighted by Crippen LogP contribution is -2.12. The van der Waals surface area contributed by atoms with Gasteiger partial charge in [0.15, 0.2) is 5.76 Å². The minimum absolute atomic E-state index is 0.148. The van der Waals surface area contributed by atoms with Crippen LogP contribution in [-0.2, 0) is 13.2 Å². The van der Waals surface area contributed by atoms with Crippen molar-refractivity contribution in [2.24, 2.45) is 0 Å². The molecule has 0 saturated carbocycles. The summed E-state index contributed by atoms with van der Waals surface area (Å²) < 4.78 is 26.9. The zero-order chi connectivity index (χ0) is 22.7. The van der Waals surface area contributed by atoms with Crippen molar-refractivity contribution in [3.05, 3.63) is 100.0 Å². The Hall–Kier alpha value is -3.58. The summed E-state index contributed by atoms with van der Waals surface area (Å²) in [7, 11) is 0. The summed E-state index contributed by atoms with van der Waals surface area (Å²) in [5, 5.41) is 7.86. The zero-order valence-corrected chi connectivity index (χ0v) is 18.3. The normalized spacial score (nSPS) is 10.9. The van der Waals surface area contributed by atoms with Gasteiger partial charge in [-0.3, -0.25) is 9.48 Å². The largest absolute Gasteiger partial charge is 0.486 e. The van der Waals surface area contributed by atoms with Gasteiger partial charge >= 0.3 is 0 Å². The maximum absolute atomic E-state index is 14.0. The van der Waals surface area contributed by atoms with Crippen LogP contribution in [0.3, 0.4) is 0 Å². The van der Waals surface area contributed by atoms with Crippen molar-refractivity contribution in [2.75, 3.05) is 5.32 Å². The first-order valence-electron chi connectivity index (χ1n) is 9.96. The van der Waals surface area contributed by atoms with E-state index in [0.29, 0.717) is 33.5 Å². The Balaban J connectivity index is 1.43. The molecule has 0 aliphatic carbocycles. The van der Waals surface area contributed by atoms with Crippen molar-refractivity contribution >= 4 is 23.2 Å². The van der Waals surface area contributed by atoms with E-state index in [-0.39, 0.29) is 24.7 Å². The lowest BCUT2D eigenvalue weighted by Gasteiger charge is -2.07. The lowest BCUT2D eigenvalue weighted by atomic mass is 10.2. The third-order valence-electron chi connectivity index (χ3n) is 4.96. The number of hydrogen-bond acceptors (Lipinski definition) is 4. The molecule has 32 heavy (non-hydrogen) atoms. The Bertz CT molecular complexity index is 1270. The van der Waals surface area contributed by atoms with Crippen LogP contribution in [0.2, 0.25) is 5.02 Å². The molecule has 4 aromatic rings. The number of anilines is 1. The Kier molecular flexibility index (Phi) is 6.28. The van der Waals surface area contributed by atoms with Gasteiger partial charge in [-0.1, -0.05) is 35.9 Å². The number of amides is 1. The highest BCUT2D eigenvalue weighted by Crippen LogP contribution is 2.23. The second-order valence-corrected chi connectivity index (χ2v) is 7.70. The van der Waals surface area contributed by atoms with Gasteiger partial charge < -0.3 is 14.5 Å². The Morgan fingerprint density at radius 1 is 1.16 bits per heavy atom. The molecule has 0 aliphatic rings.